The van der Waals surface area contributed by atoms with E-state index in [-0.39, 0.29) is 18.8 Å². The van der Waals surface area contributed by atoms with Gasteiger partial charge in [-0.15, -0.1) is 0 Å². The van der Waals surface area contributed by atoms with Crippen LogP contribution in [0.1, 0.15) is 5.56 Å². The average molecular weight is 302 g/mol. The number of nitrogens with zero attached hydrogens (tertiary/aromatic N) is 4. The Labute approximate surface area is 126 Å². The molecule has 0 unspecified atom stereocenters. The topological polar surface area (TPSA) is 98.5 Å². The summed E-state index contributed by atoms with van der Waals surface area (Å²) in [6.45, 7) is -0.204. The number of nitro benzene ring substituents is 1. The standard InChI is InChI=1S/C14H14N4O4/c1-17(14-15-7-4-8-16-14)9-13(19)22-10-11-5-2-3-6-12(11)18(20)21/h2-8H,9-10H2,1H3. The molecule has 0 spiro atoms. The minimum Gasteiger partial charge on any atom is -0.459 e. The number of hydrogen-bond acceptors (Lipinski definition) is 7. The van der Waals surface area contributed by atoms with E-state index in [2.05, 4.69) is 9.97 Å². The minimum atomic E-state index is -0.520. The van der Waals surface area contributed by atoms with Gasteiger partial charge in [-0.2, -0.15) is 0 Å². The predicted octanol–water partition coefficient (Wildman–Crippen LogP) is 1.56. The Morgan fingerprint density at radius 2 is 1.95 bits per heavy atom. The molecule has 1 aromatic carbocycles. The molecule has 0 amide bonds. The summed E-state index contributed by atoms with van der Waals surface area (Å²) in [6.07, 6.45) is 3.13. The summed E-state index contributed by atoms with van der Waals surface area (Å²) in [6, 6.07) is 7.80. The molecule has 2 aromatic rings. The first kappa shape index (κ1) is 15.4. The number of nitro groups is 1. The average Bonchev–Trinajstić information content (AvgIpc) is 2.54. The molecule has 114 valence electrons. The summed E-state index contributed by atoms with van der Waals surface area (Å²) < 4.78 is 5.07. The number of carbonyl (C=O) groups is 1. The molecule has 0 atom stereocenters. The summed E-state index contributed by atoms with van der Waals surface area (Å²) in [5.41, 5.74) is 0.273. The lowest BCUT2D eigenvalue weighted by atomic mass is 10.2. The van der Waals surface area contributed by atoms with E-state index < -0.39 is 10.9 Å². The van der Waals surface area contributed by atoms with Crippen molar-refractivity contribution in [2.45, 2.75) is 6.61 Å². The third kappa shape index (κ3) is 3.98. The van der Waals surface area contributed by atoms with Crippen molar-refractivity contribution < 1.29 is 14.5 Å². The van der Waals surface area contributed by atoms with E-state index in [1.165, 1.54) is 11.0 Å². The van der Waals surface area contributed by atoms with Crippen LogP contribution in [0.5, 0.6) is 0 Å². The van der Waals surface area contributed by atoms with Gasteiger partial charge in [-0.05, 0) is 12.1 Å². The molecule has 0 bridgehead atoms. The number of esters is 1. The Kier molecular flexibility index (Phi) is 4.97. The van der Waals surface area contributed by atoms with Crippen molar-refractivity contribution in [3.63, 3.8) is 0 Å². The van der Waals surface area contributed by atoms with Gasteiger partial charge in [0.15, 0.2) is 0 Å². The molecule has 2 rings (SSSR count). The zero-order valence-electron chi connectivity index (χ0n) is 11.9. The highest BCUT2D eigenvalue weighted by molar-refractivity contribution is 5.74. The van der Waals surface area contributed by atoms with Crippen LogP contribution < -0.4 is 4.90 Å². The van der Waals surface area contributed by atoms with Gasteiger partial charge in [-0.25, -0.2) is 9.97 Å². The fraction of sp³-hybridized carbons (Fsp3) is 0.214. The Morgan fingerprint density at radius 3 is 2.64 bits per heavy atom. The predicted molar refractivity (Wildman–Crippen MR) is 78.2 cm³/mol. The number of rotatable bonds is 6. The molecule has 0 saturated carbocycles. The molecule has 0 fully saturated rings. The first-order valence-corrected chi connectivity index (χ1v) is 6.44. The number of likely N-dealkylation sites (N-methyl/N-ethyl adjacent to an activating group) is 1. The van der Waals surface area contributed by atoms with Crippen molar-refractivity contribution in [3.05, 3.63) is 58.4 Å². The van der Waals surface area contributed by atoms with Gasteiger partial charge in [0.1, 0.15) is 13.2 Å². The monoisotopic (exact) mass is 302 g/mol. The van der Waals surface area contributed by atoms with Crippen LogP contribution in [0, 0.1) is 10.1 Å². The first-order valence-electron chi connectivity index (χ1n) is 6.44. The molecule has 8 heteroatoms. The van der Waals surface area contributed by atoms with Crippen LogP contribution in [0.15, 0.2) is 42.7 Å². The van der Waals surface area contributed by atoms with E-state index >= 15 is 0 Å². The highest BCUT2D eigenvalue weighted by Gasteiger charge is 2.15. The van der Waals surface area contributed by atoms with Gasteiger partial charge >= 0.3 is 5.97 Å². The van der Waals surface area contributed by atoms with Crippen LogP contribution in [-0.4, -0.2) is 34.5 Å². The molecule has 1 heterocycles. The van der Waals surface area contributed by atoms with Crippen LogP contribution in [0.3, 0.4) is 0 Å². The van der Waals surface area contributed by atoms with Gasteiger partial charge in [0, 0.05) is 25.5 Å². The summed E-state index contributed by atoms with van der Waals surface area (Å²) in [4.78, 5) is 31.7. The lowest BCUT2D eigenvalue weighted by molar-refractivity contribution is -0.385. The second-order valence-corrected chi connectivity index (χ2v) is 4.45. The van der Waals surface area contributed by atoms with Crippen molar-refractivity contribution in [1.82, 2.24) is 9.97 Å². The van der Waals surface area contributed by atoms with Crippen molar-refractivity contribution in [1.29, 1.82) is 0 Å². The normalized spacial score (nSPS) is 10.0. The molecule has 0 aliphatic heterocycles. The van der Waals surface area contributed by atoms with E-state index in [4.69, 9.17) is 4.74 Å². The number of anilines is 1. The molecule has 0 aliphatic rings. The zero-order chi connectivity index (χ0) is 15.9. The van der Waals surface area contributed by atoms with Gasteiger partial charge in [0.05, 0.1) is 10.5 Å². The molecule has 0 aliphatic carbocycles. The van der Waals surface area contributed by atoms with Gasteiger partial charge in [0.25, 0.3) is 5.69 Å². The lowest BCUT2D eigenvalue weighted by Crippen LogP contribution is -2.28. The molecule has 0 saturated heterocycles. The van der Waals surface area contributed by atoms with Crippen LogP contribution in [0.4, 0.5) is 11.6 Å². The zero-order valence-corrected chi connectivity index (χ0v) is 11.9. The molecule has 0 radical (unpaired) electrons. The Morgan fingerprint density at radius 1 is 1.27 bits per heavy atom. The smallest absolute Gasteiger partial charge is 0.325 e. The molecule has 1 aromatic heterocycles. The van der Waals surface area contributed by atoms with Crippen LogP contribution >= 0.6 is 0 Å². The maximum atomic E-state index is 11.8. The van der Waals surface area contributed by atoms with Crippen molar-refractivity contribution in [2.75, 3.05) is 18.5 Å². The number of benzene rings is 1. The van der Waals surface area contributed by atoms with E-state index in [1.54, 1.807) is 43.7 Å². The second-order valence-electron chi connectivity index (χ2n) is 4.45. The number of aromatic nitrogens is 2. The van der Waals surface area contributed by atoms with Crippen LogP contribution in [0.25, 0.3) is 0 Å². The highest BCUT2D eigenvalue weighted by Crippen LogP contribution is 2.18. The summed E-state index contributed by atoms with van der Waals surface area (Å²) in [7, 11) is 1.65. The first-order chi connectivity index (χ1) is 10.6. The van der Waals surface area contributed by atoms with Crippen LogP contribution in [0.2, 0.25) is 0 Å². The number of para-hydroxylation sites is 1. The fourth-order valence-electron chi connectivity index (χ4n) is 1.77. The Balaban J connectivity index is 1.92. The lowest BCUT2D eigenvalue weighted by Gasteiger charge is -2.15. The maximum absolute atomic E-state index is 11.8. The number of ether oxygens (including phenoxy) is 1. The Bertz CT molecular complexity index is 663. The summed E-state index contributed by atoms with van der Waals surface area (Å²) in [5.74, 6) is -0.127. The van der Waals surface area contributed by atoms with E-state index in [0.717, 1.165) is 0 Å². The van der Waals surface area contributed by atoms with E-state index in [9.17, 15) is 14.9 Å². The molecule has 22 heavy (non-hydrogen) atoms. The third-order valence-electron chi connectivity index (χ3n) is 2.84. The highest BCUT2D eigenvalue weighted by atomic mass is 16.6. The Hall–Kier alpha value is -3.03. The van der Waals surface area contributed by atoms with Gasteiger partial charge in [0.2, 0.25) is 5.95 Å². The van der Waals surface area contributed by atoms with Gasteiger partial charge < -0.3 is 9.64 Å². The molecular weight excluding hydrogens is 288 g/mol. The fourth-order valence-corrected chi connectivity index (χ4v) is 1.77. The number of hydrogen-bond donors (Lipinski definition) is 0. The van der Waals surface area contributed by atoms with E-state index in [0.29, 0.717) is 11.5 Å². The number of carbonyl (C=O) groups excluding carboxylic acids is 1. The molecular formula is C14H14N4O4. The van der Waals surface area contributed by atoms with Gasteiger partial charge in [-0.1, -0.05) is 12.1 Å². The summed E-state index contributed by atoms with van der Waals surface area (Å²) >= 11 is 0. The largest absolute Gasteiger partial charge is 0.459 e. The van der Waals surface area contributed by atoms with Crippen LogP contribution in [-0.2, 0) is 16.1 Å². The molecule has 0 N–H and O–H groups in total. The second kappa shape index (κ2) is 7.11. The quantitative estimate of drug-likeness (QED) is 0.453. The minimum absolute atomic E-state index is 0.0509. The van der Waals surface area contributed by atoms with Crippen molar-refractivity contribution in [2.24, 2.45) is 0 Å². The summed E-state index contributed by atoms with van der Waals surface area (Å²) in [5, 5.41) is 10.9. The SMILES string of the molecule is CN(CC(=O)OCc1ccccc1[N+](=O)[O-])c1ncccn1. The van der Waals surface area contributed by atoms with Crippen molar-refractivity contribution >= 4 is 17.6 Å². The maximum Gasteiger partial charge on any atom is 0.325 e. The van der Waals surface area contributed by atoms with E-state index in [1.807, 2.05) is 0 Å². The molecule has 8 nitrogen and oxygen atoms in total. The van der Waals surface area contributed by atoms with Gasteiger partial charge in [-0.3, -0.25) is 14.9 Å². The van der Waals surface area contributed by atoms with Crippen molar-refractivity contribution in [3.8, 4) is 0 Å². The third-order valence-corrected chi connectivity index (χ3v) is 2.84.